The summed E-state index contributed by atoms with van der Waals surface area (Å²) >= 11 is 0. The predicted molar refractivity (Wildman–Crippen MR) is 139 cm³/mol. The minimum atomic E-state index is -3.34. The van der Waals surface area contributed by atoms with Gasteiger partial charge in [0.1, 0.15) is 0 Å². The van der Waals surface area contributed by atoms with Crippen molar-refractivity contribution in [3.8, 4) is 0 Å². The number of nitrogens with zero attached hydrogens (tertiary/aromatic N) is 1. The smallest absolute Gasteiger partial charge is 0.251 e. The van der Waals surface area contributed by atoms with E-state index in [1.165, 1.54) is 17.7 Å². The second-order valence-electron chi connectivity index (χ2n) is 10.2. The fourth-order valence-electron chi connectivity index (χ4n) is 5.51. The van der Waals surface area contributed by atoms with Crippen molar-refractivity contribution in [2.45, 2.75) is 81.3 Å². The van der Waals surface area contributed by atoms with Gasteiger partial charge < -0.3 is 10.4 Å². The van der Waals surface area contributed by atoms with Gasteiger partial charge in [-0.2, -0.15) is 0 Å². The molecule has 1 saturated carbocycles. The van der Waals surface area contributed by atoms with Crippen molar-refractivity contribution in [3.05, 3.63) is 64.7 Å². The normalized spacial score (nSPS) is 21.3. The Bertz CT molecular complexity index is 1210. The number of sulfone groups is 1. The van der Waals surface area contributed by atoms with Gasteiger partial charge in [-0.1, -0.05) is 32.0 Å². The van der Waals surface area contributed by atoms with E-state index in [1.807, 2.05) is 12.1 Å². The molecule has 0 spiro atoms. The minimum absolute atomic E-state index is 0.00557. The molecule has 2 N–H and O–H groups in total. The number of aliphatic hydroxyl groups excluding tert-OH is 1. The Hall–Kier alpha value is -2.36. The second-order valence-corrected chi connectivity index (χ2v) is 12.5. The lowest BCUT2D eigenvalue weighted by Gasteiger charge is -2.42. The average molecular weight is 535 g/mol. The predicted octanol–water partition coefficient (Wildman–Crippen LogP) is 4.83. The lowest BCUT2D eigenvalue weighted by Crippen LogP contribution is -2.44. The van der Waals surface area contributed by atoms with Gasteiger partial charge in [0.25, 0.3) is 5.91 Å². The second kappa shape index (κ2) is 11.2. The van der Waals surface area contributed by atoms with E-state index in [4.69, 9.17) is 0 Å². The fourth-order valence-corrected chi connectivity index (χ4v) is 6.40. The van der Waals surface area contributed by atoms with Crippen LogP contribution in [0.25, 0.3) is 0 Å². The molecule has 2 aliphatic rings. The highest BCUT2D eigenvalue weighted by atomic mass is 32.2. The van der Waals surface area contributed by atoms with Crippen molar-refractivity contribution in [2.75, 3.05) is 18.9 Å². The molecule has 6 nitrogen and oxygen atoms in total. The van der Waals surface area contributed by atoms with Crippen molar-refractivity contribution in [1.82, 2.24) is 10.2 Å². The Morgan fingerprint density at radius 2 is 1.81 bits per heavy atom. The molecule has 4 rings (SSSR count). The quantitative estimate of drug-likeness (QED) is 0.507. The number of halogens is 2. The summed E-state index contributed by atoms with van der Waals surface area (Å²) in [5.41, 5.74) is 3.31. The van der Waals surface area contributed by atoms with Gasteiger partial charge in [-0.3, -0.25) is 9.69 Å². The van der Waals surface area contributed by atoms with Crippen LogP contribution in [0.5, 0.6) is 0 Å². The third-order valence-corrected chi connectivity index (χ3v) is 9.63. The van der Waals surface area contributed by atoms with Crippen LogP contribution in [-0.2, 0) is 16.4 Å². The zero-order valence-electron chi connectivity index (χ0n) is 21.4. The number of benzene rings is 2. The van der Waals surface area contributed by atoms with Gasteiger partial charge >= 0.3 is 0 Å². The van der Waals surface area contributed by atoms with E-state index >= 15 is 0 Å². The number of aliphatic hydroxyl groups is 1. The average Bonchev–Trinajstić information content (AvgIpc) is 2.90. The van der Waals surface area contributed by atoms with Gasteiger partial charge in [0.05, 0.1) is 23.3 Å². The number of amides is 1. The van der Waals surface area contributed by atoms with Crippen LogP contribution < -0.4 is 5.32 Å². The highest BCUT2D eigenvalue weighted by molar-refractivity contribution is 7.91. The van der Waals surface area contributed by atoms with Crippen LogP contribution >= 0.6 is 0 Å². The van der Waals surface area contributed by atoms with Gasteiger partial charge in [0.2, 0.25) is 5.92 Å². The van der Waals surface area contributed by atoms with Crippen LogP contribution in [-0.4, -0.2) is 55.2 Å². The lowest BCUT2D eigenvalue weighted by atomic mass is 9.83. The summed E-state index contributed by atoms with van der Waals surface area (Å²) in [7, 11) is -3.34. The number of hydrogen-bond acceptors (Lipinski definition) is 5. The molecule has 9 heteroatoms. The first-order chi connectivity index (χ1) is 17.6. The largest absolute Gasteiger partial charge is 0.394 e. The third kappa shape index (κ3) is 6.21. The Morgan fingerprint density at radius 3 is 2.41 bits per heavy atom. The Labute approximate surface area is 218 Å². The van der Waals surface area contributed by atoms with Crippen molar-refractivity contribution in [1.29, 1.82) is 0 Å². The highest BCUT2D eigenvalue weighted by Gasteiger charge is 2.38. The number of carbonyl (C=O) groups is 1. The summed E-state index contributed by atoms with van der Waals surface area (Å²) in [6, 6.07) is 11.3. The van der Waals surface area contributed by atoms with Gasteiger partial charge in [-0.05, 0) is 66.1 Å². The van der Waals surface area contributed by atoms with Crippen LogP contribution in [0.3, 0.4) is 0 Å². The highest BCUT2D eigenvalue weighted by Crippen LogP contribution is 2.39. The van der Waals surface area contributed by atoms with Gasteiger partial charge in [0, 0.05) is 37.5 Å². The molecule has 1 amide bonds. The molecular formula is C28H36F2N2O4S. The minimum Gasteiger partial charge on any atom is -0.394 e. The summed E-state index contributed by atoms with van der Waals surface area (Å²) in [5.74, 6) is -2.62. The molecule has 0 saturated heterocycles. The first-order valence-electron chi connectivity index (χ1n) is 13.1. The maximum atomic E-state index is 13.7. The number of nitrogens with one attached hydrogen (secondary N) is 1. The summed E-state index contributed by atoms with van der Waals surface area (Å²) in [4.78, 5) is 15.6. The molecule has 2 atom stereocenters. The maximum Gasteiger partial charge on any atom is 0.251 e. The number of alkyl halides is 2. The van der Waals surface area contributed by atoms with Gasteiger partial charge in [-0.15, -0.1) is 0 Å². The molecule has 1 aliphatic carbocycles. The SMILES string of the molecule is CCC1CN(C2CCC(F)(F)CC2)Cc2cc(C(=O)N[C@@H](CO)c3ccc(S(=O)(=O)CC)cc3)ccc21. The molecule has 0 aromatic heterocycles. The van der Waals surface area contributed by atoms with Crippen LogP contribution in [0.15, 0.2) is 47.4 Å². The Kier molecular flexibility index (Phi) is 8.35. The molecule has 1 heterocycles. The molecule has 202 valence electrons. The Morgan fingerprint density at radius 1 is 1.14 bits per heavy atom. The molecule has 0 bridgehead atoms. The molecule has 1 aliphatic heterocycles. The standard InChI is InChI=1S/C28H36F2N2O4S/c1-3-19-16-32(23-11-13-28(29,30)14-12-23)17-22-15-21(7-10-25(19)22)27(34)31-26(18-33)20-5-8-24(9-6-20)37(35,36)4-2/h5-10,15,19,23,26,33H,3-4,11-14,16-18H2,1-2H3,(H,31,34)/t19?,26-/m0/s1. The summed E-state index contributed by atoms with van der Waals surface area (Å²) in [5, 5.41) is 12.8. The number of fused-ring (bicyclic) bond motifs is 1. The summed E-state index contributed by atoms with van der Waals surface area (Å²) in [6.45, 7) is 4.82. The molecular weight excluding hydrogens is 498 g/mol. The molecule has 37 heavy (non-hydrogen) atoms. The monoisotopic (exact) mass is 534 g/mol. The van der Waals surface area contributed by atoms with Gasteiger partial charge in [-0.25, -0.2) is 17.2 Å². The van der Waals surface area contributed by atoms with E-state index in [1.54, 1.807) is 25.1 Å². The first-order valence-corrected chi connectivity index (χ1v) is 14.7. The van der Waals surface area contributed by atoms with E-state index in [0.29, 0.717) is 30.5 Å². The molecule has 2 aromatic rings. The maximum absolute atomic E-state index is 13.7. The van der Waals surface area contributed by atoms with E-state index in [9.17, 15) is 27.1 Å². The van der Waals surface area contributed by atoms with Crippen LogP contribution in [0.2, 0.25) is 0 Å². The lowest BCUT2D eigenvalue weighted by molar-refractivity contribution is -0.0561. The topological polar surface area (TPSA) is 86.7 Å². The zero-order valence-corrected chi connectivity index (χ0v) is 22.2. The van der Waals surface area contributed by atoms with E-state index in [2.05, 4.69) is 17.1 Å². The zero-order chi connectivity index (χ0) is 26.8. The Balaban J connectivity index is 1.49. The molecule has 2 aromatic carbocycles. The van der Waals surface area contributed by atoms with Crippen molar-refractivity contribution in [2.24, 2.45) is 0 Å². The number of carbonyl (C=O) groups excluding carboxylic acids is 1. The number of hydrogen-bond donors (Lipinski definition) is 2. The molecule has 1 fully saturated rings. The van der Waals surface area contributed by atoms with Crippen LogP contribution in [0, 0.1) is 0 Å². The van der Waals surface area contributed by atoms with Crippen molar-refractivity contribution < 1.29 is 27.1 Å². The van der Waals surface area contributed by atoms with E-state index in [0.717, 1.165) is 18.5 Å². The summed E-state index contributed by atoms with van der Waals surface area (Å²) < 4.78 is 51.6. The molecule has 0 radical (unpaired) electrons. The molecule has 1 unspecified atom stereocenters. The van der Waals surface area contributed by atoms with Crippen LogP contribution in [0.1, 0.15) is 85.0 Å². The van der Waals surface area contributed by atoms with Crippen LogP contribution in [0.4, 0.5) is 8.78 Å². The first kappa shape index (κ1) is 27.7. The van der Waals surface area contributed by atoms with Crippen molar-refractivity contribution >= 4 is 15.7 Å². The van der Waals surface area contributed by atoms with E-state index in [-0.39, 0.29) is 48.0 Å². The number of rotatable bonds is 8. The van der Waals surface area contributed by atoms with Gasteiger partial charge in [0.15, 0.2) is 9.84 Å². The summed E-state index contributed by atoms with van der Waals surface area (Å²) in [6.07, 6.45) is 1.74. The fraction of sp³-hybridized carbons (Fsp3) is 0.536. The van der Waals surface area contributed by atoms with Crippen molar-refractivity contribution in [3.63, 3.8) is 0 Å². The van der Waals surface area contributed by atoms with E-state index < -0.39 is 21.8 Å². The third-order valence-electron chi connectivity index (χ3n) is 7.88.